The lowest BCUT2D eigenvalue weighted by molar-refractivity contribution is -0.139. The largest absolute Gasteiger partial charge is 0.482 e. The number of carboxylic acids is 1. The van der Waals surface area contributed by atoms with Gasteiger partial charge in [0, 0.05) is 0 Å². The van der Waals surface area contributed by atoms with Crippen LogP contribution in [-0.2, 0) is 20.6 Å². The van der Waals surface area contributed by atoms with Gasteiger partial charge in [-0.1, -0.05) is 18.2 Å². The highest BCUT2D eigenvalue weighted by molar-refractivity contribution is 6.31. The maximum atomic E-state index is 12.9. The average Bonchev–Trinajstić information content (AvgIpc) is 2.95. The summed E-state index contributed by atoms with van der Waals surface area (Å²) in [7, 11) is 0. The molecule has 10 heteroatoms. The molecule has 0 bridgehead atoms. The van der Waals surface area contributed by atoms with Crippen LogP contribution in [0.5, 0.6) is 5.75 Å². The molecule has 0 aliphatic carbocycles. The van der Waals surface area contributed by atoms with Crippen molar-refractivity contribution in [2.75, 3.05) is 11.6 Å². The number of amides is 2. The van der Waals surface area contributed by atoms with Crippen molar-refractivity contribution in [3.63, 3.8) is 0 Å². The molecule has 3 rings (SSSR count). The molecule has 0 aromatic heterocycles. The van der Waals surface area contributed by atoms with E-state index in [2.05, 4.69) is 5.43 Å². The molecule has 1 fully saturated rings. The fourth-order valence-corrected chi connectivity index (χ4v) is 2.53. The van der Waals surface area contributed by atoms with Gasteiger partial charge in [-0.15, -0.1) is 0 Å². The summed E-state index contributed by atoms with van der Waals surface area (Å²) in [6.07, 6.45) is -3.32. The standard InChI is InChI=1S/C19H13F3N2O5/c20-19(21,22)12-2-1-3-13(9-12)24-18(28)15(17(27)23-24)8-11-4-6-14(7-5-11)29-10-16(25)26/h1-9H,10H2,(H,23,27)(H,25,26)/b15-8+. The molecule has 0 saturated carbocycles. The van der Waals surface area contributed by atoms with Crippen LogP contribution in [0.25, 0.3) is 6.08 Å². The average molecular weight is 406 g/mol. The van der Waals surface area contributed by atoms with Crippen LogP contribution >= 0.6 is 0 Å². The van der Waals surface area contributed by atoms with Crippen LogP contribution in [0.15, 0.2) is 54.1 Å². The summed E-state index contributed by atoms with van der Waals surface area (Å²) in [5.74, 6) is -2.43. The van der Waals surface area contributed by atoms with Crippen LogP contribution in [0.2, 0.25) is 0 Å². The zero-order valence-corrected chi connectivity index (χ0v) is 14.6. The molecule has 0 radical (unpaired) electrons. The molecule has 1 aliphatic rings. The Hall–Kier alpha value is -3.82. The molecule has 2 N–H and O–H groups in total. The number of hydrogen-bond donors (Lipinski definition) is 2. The first-order valence-electron chi connectivity index (χ1n) is 8.14. The molecular formula is C19H13F3N2O5. The van der Waals surface area contributed by atoms with Crippen LogP contribution in [0.1, 0.15) is 11.1 Å². The fraction of sp³-hybridized carbons (Fsp3) is 0.105. The summed E-state index contributed by atoms with van der Waals surface area (Å²) >= 11 is 0. The smallest absolute Gasteiger partial charge is 0.416 e. The van der Waals surface area contributed by atoms with E-state index in [1.54, 1.807) is 0 Å². The molecule has 1 saturated heterocycles. The number of hydrogen-bond acceptors (Lipinski definition) is 4. The first-order chi connectivity index (χ1) is 13.6. The van der Waals surface area contributed by atoms with E-state index in [0.717, 1.165) is 23.2 Å². The third kappa shape index (κ3) is 4.54. The quantitative estimate of drug-likeness (QED) is 0.588. The highest BCUT2D eigenvalue weighted by Crippen LogP contribution is 2.32. The molecular weight excluding hydrogens is 393 g/mol. The molecule has 2 amide bonds. The number of carboxylic acid groups (broad SMARTS) is 1. The topological polar surface area (TPSA) is 95.9 Å². The second-order valence-electron chi connectivity index (χ2n) is 5.94. The van der Waals surface area contributed by atoms with Crippen molar-refractivity contribution in [3.8, 4) is 5.75 Å². The summed E-state index contributed by atoms with van der Waals surface area (Å²) < 4.78 is 43.6. The van der Waals surface area contributed by atoms with E-state index in [9.17, 15) is 27.6 Å². The van der Waals surface area contributed by atoms with Gasteiger partial charge in [0.05, 0.1) is 11.3 Å². The van der Waals surface area contributed by atoms with E-state index in [1.165, 1.54) is 36.4 Å². The van der Waals surface area contributed by atoms with Crippen LogP contribution in [0.4, 0.5) is 18.9 Å². The minimum absolute atomic E-state index is 0.126. The van der Waals surface area contributed by atoms with Crippen molar-refractivity contribution >= 4 is 29.5 Å². The number of halogens is 3. The third-order valence-corrected chi connectivity index (χ3v) is 3.88. The summed E-state index contributed by atoms with van der Waals surface area (Å²) in [5, 5.41) is 9.32. The van der Waals surface area contributed by atoms with Gasteiger partial charge in [0.1, 0.15) is 11.3 Å². The van der Waals surface area contributed by atoms with Gasteiger partial charge in [-0.05, 0) is 42.0 Å². The Morgan fingerprint density at radius 1 is 1.14 bits per heavy atom. The van der Waals surface area contributed by atoms with Crippen molar-refractivity contribution < 1.29 is 37.4 Å². The van der Waals surface area contributed by atoms with Crippen LogP contribution in [-0.4, -0.2) is 29.5 Å². The highest BCUT2D eigenvalue weighted by atomic mass is 19.4. The van der Waals surface area contributed by atoms with Crippen LogP contribution < -0.4 is 15.2 Å². The molecule has 1 aliphatic heterocycles. The minimum Gasteiger partial charge on any atom is -0.482 e. The molecule has 0 atom stereocenters. The second-order valence-corrected chi connectivity index (χ2v) is 5.94. The maximum Gasteiger partial charge on any atom is 0.416 e. The Morgan fingerprint density at radius 3 is 2.45 bits per heavy atom. The van der Waals surface area contributed by atoms with E-state index in [0.29, 0.717) is 5.56 Å². The van der Waals surface area contributed by atoms with Crippen LogP contribution in [0.3, 0.4) is 0 Å². The molecule has 29 heavy (non-hydrogen) atoms. The van der Waals surface area contributed by atoms with Gasteiger partial charge in [-0.3, -0.25) is 15.0 Å². The number of benzene rings is 2. The lowest BCUT2D eigenvalue weighted by atomic mass is 10.1. The van der Waals surface area contributed by atoms with Gasteiger partial charge in [0.25, 0.3) is 11.8 Å². The van der Waals surface area contributed by atoms with E-state index < -0.39 is 36.1 Å². The Balaban J connectivity index is 1.81. The van der Waals surface area contributed by atoms with E-state index >= 15 is 0 Å². The zero-order chi connectivity index (χ0) is 21.2. The van der Waals surface area contributed by atoms with Crippen molar-refractivity contribution in [3.05, 3.63) is 65.2 Å². The van der Waals surface area contributed by atoms with E-state index in [4.69, 9.17) is 9.84 Å². The Labute approximate surface area is 162 Å². The predicted octanol–water partition coefficient (Wildman–Crippen LogP) is 2.63. The van der Waals surface area contributed by atoms with Crippen molar-refractivity contribution in [2.45, 2.75) is 6.18 Å². The van der Waals surface area contributed by atoms with Gasteiger partial charge in [0.2, 0.25) is 0 Å². The molecule has 1 heterocycles. The molecule has 150 valence electrons. The Kier molecular flexibility index (Phi) is 5.26. The van der Waals surface area contributed by atoms with Crippen molar-refractivity contribution in [2.24, 2.45) is 0 Å². The molecule has 2 aromatic rings. The third-order valence-electron chi connectivity index (χ3n) is 3.88. The summed E-state index contributed by atoms with van der Waals surface area (Å²) in [6, 6.07) is 9.93. The van der Waals surface area contributed by atoms with Gasteiger partial charge >= 0.3 is 12.1 Å². The number of nitrogens with zero attached hydrogens (tertiary/aromatic N) is 1. The lowest BCUT2D eigenvalue weighted by Gasteiger charge is -2.16. The van der Waals surface area contributed by atoms with Gasteiger partial charge in [0.15, 0.2) is 6.61 Å². The van der Waals surface area contributed by atoms with Crippen molar-refractivity contribution in [1.82, 2.24) is 5.43 Å². The summed E-state index contributed by atoms with van der Waals surface area (Å²) in [6.45, 7) is -0.521. The number of anilines is 1. The first-order valence-corrected chi connectivity index (χ1v) is 8.14. The number of rotatable bonds is 5. The number of carbonyl (C=O) groups is 3. The summed E-state index contributed by atoms with van der Waals surface area (Å²) in [5.41, 5.74) is 1.33. The van der Waals surface area contributed by atoms with E-state index in [1.807, 2.05) is 0 Å². The SMILES string of the molecule is O=C(O)COc1ccc(/C=C2\C(=O)NN(c3cccc(C(F)(F)F)c3)C2=O)cc1. The lowest BCUT2D eigenvalue weighted by Crippen LogP contribution is -2.35. The highest BCUT2D eigenvalue weighted by Gasteiger charge is 2.36. The van der Waals surface area contributed by atoms with Gasteiger partial charge in [-0.2, -0.15) is 13.2 Å². The van der Waals surface area contributed by atoms with E-state index in [-0.39, 0.29) is 17.0 Å². The number of ether oxygens (including phenoxy) is 1. The zero-order valence-electron chi connectivity index (χ0n) is 14.6. The Bertz CT molecular complexity index is 1000. The van der Waals surface area contributed by atoms with Gasteiger partial charge in [-0.25, -0.2) is 9.80 Å². The number of alkyl halides is 3. The van der Waals surface area contributed by atoms with Gasteiger partial charge < -0.3 is 9.84 Å². The minimum atomic E-state index is -4.59. The number of carbonyl (C=O) groups excluding carboxylic acids is 2. The van der Waals surface area contributed by atoms with Crippen molar-refractivity contribution in [1.29, 1.82) is 0 Å². The second kappa shape index (κ2) is 7.66. The number of nitrogens with one attached hydrogen (secondary N) is 1. The first kappa shape index (κ1) is 19.9. The number of aliphatic carboxylic acids is 1. The van der Waals surface area contributed by atoms with Crippen LogP contribution in [0, 0.1) is 0 Å². The predicted molar refractivity (Wildman–Crippen MR) is 94.6 cm³/mol. The normalized spacial score (nSPS) is 15.6. The molecule has 7 nitrogen and oxygen atoms in total. The fourth-order valence-electron chi connectivity index (χ4n) is 2.53. The number of hydrazine groups is 1. The summed E-state index contributed by atoms with van der Waals surface area (Å²) in [4.78, 5) is 35.2. The molecule has 0 spiro atoms. The monoisotopic (exact) mass is 406 g/mol. The molecule has 0 unspecified atom stereocenters. The Morgan fingerprint density at radius 2 is 1.83 bits per heavy atom. The maximum absolute atomic E-state index is 12.9. The molecule has 2 aromatic carbocycles.